The van der Waals surface area contributed by atoms with Gasteiger partial charge < -0.3 is 14.7 Å². The van der Waals surface area contributed by atoms with E-state index in [9.17, 15) is 9.59 Å². The zero-order valence-corrected chi connectivity index (χ0v) is 12.6. The minimum absolute atomic E-state index is 0.0796. The van der Waals surface area contributed by atoms with E-state index in [-0.39, 0.29) is 18.4 Å². The van der Waals surface area contributed by atoms with Crippen molar-refractivity contribution in [2.45, 2.75) is 20.8 Å². The Balaban J connectivity index is 2.85. The van der Waals surface area contributed by atoms with Gasteiger partial charge in [-0.05, 0) is 12.8 Å². The Morgan fingerprint density at radius 1 is 1.43 bits per heavy atom. The molecule has 0 saturated heterocycles. The number of anilines is 1. The van der Waals surface area contributed by atoms with Crippen molar-refractivity contribution in [3.8, 4) is 5.88 Å². The minimum atomic E-state index is -1.08. The fraction of sp³-hybridized carbons (Fsp3) is 0.538. The van der Waals surface area contributed by atoms with Gasteiger partial charge in [0.05, 0.1) is 7.11 Å². The van der Waals surface area contributed by atoms with E-state index >= 15 is 0 Å². The van der Waals surface area contributed by atoms with Crippen LogP contribution in [0.5, 0.6) is 5.88 Å². The number of aliphatic carboxylic acids is 1. The number of nitrogens with one attached hydrogen (secondary N) is 1. The van der Waals surface area contributed by atoms with Gasteiger partial charge in [-0.25, -0.2) is 9.78 Å². The molecular weight excluding hydrogens is 276 g/mol. The van der Waals surface area contributed by atoms with Crippen LogP contribution in [0.3, 0.4) is 0 Å². The highest BCUT2D eigenvalue weighted by Gasteiger charge is 2.19. The topological polar surface area (TPSA) is 105 Å². The highest BCUT2D eigenvalue weighted by Crippen LogP contribution is 2.12. The lowest BCUT2D eigenvalue weighted by molar-refractivity contribution is -0.137. The van der Waals surface area contributed by atoms with Gasteiger partial charge in [-0.3, -0.25) is 10.1 Å². The fourth-order valence-corrected chi connectivity index (χ4v) is 1.70. The van der Waals surface area contributed by atoms with Crippen molar-refractivity contribution < 1.29 is 19.4 Å². The molecule has 0 unspecified atom stereocenters. The number of nitrogens with zero attached hydrogens (tertiary/aromatic N) is 3. The van der Waals surface area contributed by atoms with Crippen molar-refractivity contribution in [3.63, 3.8) is 0 Å². The van der Waals surface area contributed by atoms with Crippen molar-refractivity contribution in [3.05, 3.63) is 11.8 Å². The standard InChI is InChI=1S/C13H20N4O4/c1-8(2)6-17(7-11(18)19)13(20)16-12-14-9(3)5-10(15-12)21-4/h5,8H,6-7H2,1-4H3,(H,18,19)(H,14,15,16,20). The van der Waals surface area contributed by atoms with Crippen LogP contribution >= 0.6 is 0 Å². The van der Waals surface area contributed by atoms with Crippen molar-refractivity contribution in [1.29, 1.82) is 0 Å². The number of urea groups is 1. The molecule has 0 aromatic carbocycles. The molecule has 8 nitrogen and oxygen atoms in total. The first-order chi connectivity index (χ1) is 9.81. The number of carbonyl (C=O) groups is 2. The number of aromatic nitrogens is 2. The van der Waals surface area contributed by atoms with Gasteiger partial charge in [0.15, 0.2) is 0 Å². The van der Waals surface area contributed by atoms with E-state index in [2.05, 4.69) is 15.3 Å². The Morgan fingerprint density at radius 3 is 2.62 bits per heavy atom. The molecule has 116 valence electrons. The van der Waals surface area contributed by atoms with Crippen LogP contribution in [-0.4, -0.2) is 52.2 Å². The zero-order valence-electron chi connectivity index (χ0n) is 12.6. The Bertz CT molecular complexity index is 519. The van der Waals surface area contributed by atoms with E-state index in [4.69, 9.17) is 9.84 Å². The van der Waals surface area contributed by atoms with Crippen molar-refractivity contribution >= 4 is 17.9 Å². The summed E-state index contributed by atoms with van der Waals surface area (Å²) in [5.74, 6) is -0.529. The maximum absolute atomic E-state index is 12.1. The molecule has 0 aliphatic rings. The SMILES string of the molecule is COc1cc(C)nc(NC(=O)N(CC(=O)O)CC(C)C)n1. The predicted molar refractivity (Wildman–Crippen MR) is 76.4 cm³/mol. The van der Waals surface area contributed by atoms with Crippen molar-refractivity contribution in [1.82, 2.24) is 14.9 Å². The van der Waals surface area contributed by atoms with E-state index in [1.807, 2.05) is 13.8 Å². The number of carboxylic acid groups (broad SMARTS) is 1. The van der Waals surface area contributed by atoms with Gasteiger partial charge in [0.1, 0.15) is 6.54 Å². The molecule has 0 atom stereocenters. The monoisotopic (exact) mass is 296 g/mol. The third-order valence-electron chi connectivity index (χ3n) is 2.46. The van der Waals surface area contributed by atoms with E-state index in [1.165, 1.54) is 12.0 Å². The Morgan fingerprint density at radius 2 is 2.10 bits per heavy atom. The number of hydrogen-bond donors (Lipinski definition) is 2. The van der Waals surface area contributed by atoms with Gasteiger partial charge in [0.2, 0.25) is 11.8 Å². The zero-order chi connectivity index (χ0) is 16.0. The molecule has 21 heavy (non-hydrogen) atoms. The summed E-state index contributed by atoms with van der Waals surface area (Å²) in [6.07, 6.45) is 0. The summed E-state index contributed by atoms with van der Waals surface area (Å²) >= 11 is 0. The molecular formula is C13H20N4O4. The van der Waals surface area contributed by atoms with E-state index < -0.39 is 12.0 Å². The van der Waals surface area contributed by atoms with Gasteiger partial charge in [-0.15, -0.1) is 0 Å². The summed E-state index contributed by atoms with van der Waals surface area (Å²) in [7, 11) is 1.46. The van der Waals surface area contributed by atoms with Crippen LogP contribution in [0, 0.1) is 12.8 Å². The smallest absolute Gasteiger partial charge is 0.324 e. The highest BCUT2D eigenvalue weighted by molar-refractivity contribution is 5.89. The number of rotatable bonds is 6. The Kier molecular flexibility index (Phi) is 5.89. The van der Waals surface area contributed by atoms with Crippen LogP contribution in [0.15, 0.2) is 6.07 Å². The Hall–Kier alpha value is -2.38. The summed E-state index contributed by atoms with van der Waals surface area (Å²) in [5, 5.41) is 11.4. The Labute approximate surface area is 123 Å². The quantitative estimate of drug-likeness (QED) is 0.821. The largest absolute Gasteiger partial charge is 0.481 e. The molecule has 0 bridgehead atoms. The van der Waals surface area contributed by atoms with Gasteiger partial charge in [0.25, 0.3) is 0 Å². The van der Waals surface area contributed by atoms with Gasteiger partial charge in [0, 0.05) is 18.3 Å². The van der Waals surface area contributed by atoms with Crippen LogP contribution in [0.2, 0.25) is 0 Å². The van der Waals surface area contributed by atoms with Crippen molar-refractivity contribution in [2.24, 2.45) is 5.92 Å². The van der Waals surface area contributed by atoms with Crippen LogP contribution in [0.1, 0.15) is 19.5 Å². The van der Waals surface area contributed by atoms with E-state index in [0.29, 0.717) is 18.1 Å². The molecule has 0 aliphatic heterocycles. The number of hydrogen-bond acceptors (Lipinski definition) is 5. The second kappa shape index (κ2) is 7.41. The summed E-state index contributed by atoms with van der Waals surface area (Å²) in [6.45, 7) is 5.47. The van der Waals surface area contributed by atoms with E-state index in [0.717, 1.165) is 0 Å². The average molecular weight is 296 g/mol. The third-order valence-corrected chi connectivity index (χ3v) is 2.46. The second-order valence-corrected chi connectivity index (χ2v) is 4.97. The molecule has 0 spiro atoms. The summed E-state index contributed by atoms with van der Waals surface area (Å²) in [4.78, 5) is 32.2. The van der Waals surface area contributed by atoms with Crippen LogP contribution in [0.25, 0.3) is 0 Å². The van der Waals surface area contributed by atoms with Crippen LogP contribution < -0.4 is 10.1 Å². The normalized spacial score (nSPS) is 10.3. The molecule has 0 radical (unpaired) electrons. The molecule has 8 heteroatoms. The molecule has 1 aromatic heterocycles. The second-order valence-electron chi connectivity index (χ2n) is 4.97. The number of ether oxygens (including phenoxy) is 1. The van der Waals surface area contributed by atoms with Crippen LogP contribution in [-0.2, 0) is 4.79 Å². The molecule has 2 N–H and O–H groups in total. The molecule has 0 aliphatic carbocycles. The lowest BCUT2D eigenvalue weighted by Crippen LogP contribution is -2.41. The number of aryl methyl sites for hydroxylation is 1. The summed E-state index contributed by atoms with van der Waals surface area (Å²) in [5.41, 5.74) is 0.630. The van der Waals surface area contributed by atoms with Crippen LogP contribution in [0.4, 0.5) is 10.7 Å². The van der Waals surface area contributed by atoms with Crippen molar-refractivity contribution in [2.75, 3.05) is 25.5 Å². The first kappa shape index (κ1) is 16.7. The molecule has 0 fully saturated rings. The maximum atomic E-state index is 12.1. The number of amides is 2. The summed E-state index contributed by atoms with van der Waals surface area (Å²) < 4.78 is 5.00. The number of carbonyl (C=O) groups excluding carboxylic acids is 1. The van der Waals surface area contributed by atoms with Gasteiger partial charge in [-0.2, -0.15) is 4.98 Å². The predicted octanol–water partition coefficient (Wildman–Crippen LogP) is 1.37. The number of carboxylic acids is 1. The highest BCUT2D eigenvalue weighted by atomic mass is 16.5. The molecule has 0 saturated carbocycles. The van der Waals surface area contributed by atoms with E-state index in [1.54, 1.807) is 13.0 Å². The molecule has 1 aromatic rings. The third kappa shape index (κ3) is 5.64. The average Bonchev–Trinajstić information content (AvgIpc) is 2.35. The lowest BCUT2D eigenvalue weighted by Gasteiger charge is -2.22. The van der Waals surface area contributed by atoms with Gasteiger partial charge >= 0.3 is 12.0 Å². The first-order valence-corrected chi connectivity index (χ1v) is 6.49. The molecule has 2 amide bonds. The minimum Gasteiger partial charge on any atom is -0.481 e. The fourth-order valence-electron chi connectivity index (χ4n) is 1.70. The number of methoxy groups -OCH3 is 1. The van der Waals surface area contributed by atoms with Gasteiger partial charge in [-0.1, -0.05) is 13.8 Å². The molecule has 1 heterocycles. The summed E-state index contributed by atoms with van der Waals surface area (Å²) in [6, 6.07) is 1.07. The first-order valence-electron chi connectivity index (χ1n) is 6.49. The maximum Gasteiger partial charge on any atom is 0.324 e. The lowest BCUT2D eigenvalue weighted by atomic mass is 10.2. The molecule has 1 rings (SSSR count).